The fourth-order valence-corrected chi connectivity index (χ4v) is 2.28. The zero-order valence-electron chi connectivity index (χ0n) is 9.34. The van der Waals surface area contributed by atoms with Gasteiger partial charge in [-0.25, -0.2) is 0 Å². The van der Waals surface area contributed by atoms with E-state index in [9.17, 15) is 4.79 Å². The van der Waals surface area contributed by atoms with Crippen molar-refractivity contribution in [1.29, 1.82) is 0 Å². The Balaban J connectivity index is 0.00000112. The van der Waals surface area contributed by atoms with Crippen LogP contribution >= 0.6 is 12.4 Å². The number of amides is 1. The third-order valence-corrected chi connectivity index (χ3v) is 3.68. The molecule has 1 saturated heterocycles. The van der Waals surface area contributed by atoms with Gasteiger partial charge in [-0.05, 0) is 31.2 Å². The monoisotopic (exact) mass is 232 g/mol. The Kier molecular flexibility index (Phi) is 4.41. The zero-order valence-corrected chi connectivity index (χ0v) is 10.2. The van der Waals surface area contributed by atoms with Gasteiger partial charge in [0.2, 0.25) is 5.91 Å². The number of hydrogen-bond donors (Lipinski definition) is 2. The number of carbonyl (C=O) groups is 1. The molecule has 1 aliphatic carbocycles. The molecule has 0 unspecified atom stereocenters. The number of carbonyl (C=O) groups excluding carboxylic acids is 1. The minimum atomic E-state index is 0. The first-order valence-corrected chi connectivity index (χ1v) is 5.68. The highest BCUT2D eigenvalue weighted by molar-refractivity contribution is 5.85. The molecule has 3 nitrogen and oxygen atoms in total. The fraction of sp³-hybridized carbons (Fsp3) is 0.909. The third-order valence-electron chi connectivity index (χ3n) is 3.68. The molecule has 0 bridgehead atoms. The second kappa shape index (κ2) is 5.17. The largest absolute Gasteiger partial charge is 0.355 e. The van der Waals surface area contributed by atoms with Gasteiger partial charge < -0.3 is 10.6 Å². The second-order valence-corrected chi connectivity index (χ2v) is 5.07. The summed E-state index contributed by atoms with van der Waals surface area (Å²) in [6.07, 6.45) is 4.88. The third kappa shape index (κ3) is 3.08. The average molecular weight is 233 g/mol. The Bertz CT molecular complexity index is 223. The Morgan fingerprint density at radius 3 is 2.73 bits per heavy atom. The molecule has 1 heterocycles. The number of hydrogen-bond acceptors (Lipinski definition) is 2. The molecular formula is C11H21ClN2O. The van der Waals surface area contributed by atoms with Crippen molar-refractivity contribution in [2.75, 3.05) is 19.6 Å². The Hall–Kier alpha value is -0.280. The maximum absolute atomic E-state index is 11.7. The molecule has 4 heteroatoms. The highest BCUT2D eigenvalue weighted by Gasteiger charge is 2.32. The molecule has 1 amide bonds. The molecule has 2 aliphatic rings. The van der Waals surface area contributed by atoms with E-state index in [2.05, 4.69) is 17.6 Å². The summed E-state index contributed by atoms with van der Waals surface area (Å²) in [4.78, 5) is 11.7. The summed E-state index contributed by atoms with van der Waals surface area (Å²) in [7, 11) is 0. The van der Waals surface area contributed by atoms with Crippen LogP contribution in [0.5, 0.6) is 0 Å². The van der Waals surface area contributed by atoms with Crippen molar-refractivity contribution in [2.24, 2.45) is 11.3 Å². The molecule has 0 spiro atoms. The molecule has 0 aromatic heterocycles. The average Bonchev–Trinajstić information content (AvgIpc) is 2.63. The van der Waals surface area contributed by atoms with E-state index in [-0.39, 0.29) is 24.2 Å². The van der Waals surface area contributed by atoms with E-state index < -0.39 is 0 Å². The lowest BCUT2D eigenvalue weighted by Gasteiger charge is -2.38. The molecule has 0 aromatic carbocycles. The van der Waals surface area contributed by atoms with Gasteiger partial charge in [-0.15, -0.1) is 12.4 Å². The van der Waals surface area contributed by atoms with E-state index in [0.29, 0.717) is 5.41 Å². The van der Waals surface area contributed by atoms with Gasteiger partial charge in [-0.2, -0.15) is 0 Å². The van der Waals surface area contributed by atoms with Crippen molar-refractivity contribution in [3.05, 3.63) is 0 Å². The Labute approximate surface area is 97.8 Å². The lowest BCUT2D eigenvalue weighted by Crippen LogP contribution is -2.42. The summed E-state index contributed by atoms with van der Waals surface area (Å²) >= 11 is 0. The molecule has 0 radical (unpaired) electrons. The van der Waals surface area contributed by atoms with Crippen molar-refractivity contribution in [2.45, 2.75) is 32.6 Å². The van der Waals surface area contributed by atoms with Crippen molar-refractivity contribution in [3.8, 4) is 0 Å². The molecule has 15 heavy (non-hydrogen) atoms. The van der Waals surface area contributed by atoms with E-state index in [1.165, 1.54) is 19.3 Å². The smallest absolute Gasteiger partial charge is 0.224 e. The van der Waals surface area contributed by atoms with Crippen LogP contribution in [0.4, 0.5) is 0 Å². The van der Waals surface area contributed by atoms with Gasteiger partial charge in [0, 0.05) is 13.1 Å². The lowest BCUT2D eigenvalue weighted by molar-refractivity contribution is -0.125. The fourth-order valence-electron chi connectivity index (χ4n) is 2.28. The number of halogens is 1. The predicted octanol–water partition coefficient (Wildman–Crippen LogP) is 1.32. The van der Waals surface area contributed by atoms with Gasteiger partial charge in [0.25, 0.3) is 0 Å². The maximum Gasteiger partial charge on any atom is 0.224 e. The van der Waals surface area contributed by atoms with Gasteiger partial charge in [-0.1, -0.05) is 13.3 Å². The molecule has 1 aliphatic heterocycles. The van der Waals surface area contributed by atoms with Gasteiger partial charge in [-0.3, -0.25) is 4.79 Å². The topological polar surface area (TPSA) is 41.1 Å². The van der Waals surface area contributed by atoms with Crippen LogP contribution in [0.15, 0.2) is 0 Å². The van der Waals surface area contributed by atoms with Gasteiger partial charge in [0.05, 0.1) is 5.92 Å². The Morgan fingerprint density at radius 2 is 2.27 bits per heavy atom. The van der Waals surface area contributed by atoms with Gasteiger partial charge >= 0.3 is 0 Å². The molecule has 0 aromatic rings. The maximum atomic E-state index is 11.7. The van der Waals surface area contributed by atoms with Crippen LogP contribution in [0, 0.1) is 11.3 Å². The van der Waals surface area contributed by atoms with Crippen molar-refractivity contribution < 1.29 is 4.79 Å². The van der Waals surface area contributed by atoms with Crippen LogP contribution in [0.1, 0.15) is 32.6 Å². The van der Waals surface area contributed by atoms with Crippen LogP contribution in [-0.2, 0) is 4.79 Å². The van der Waals surface area contributed by atoms with Gasteiger partial charge in [0.15, 0.2) is 0 Å². The van der Waals surface area contributed by atoms with E-state index in [0.717, 1.165) is 26.1 Å². The molecule has 1 saturated carbocycles. The second-order valence-electron chi connectivity index (χ2n) is 5.07. The Morgan fingerprint density at radius 1 is 1.53 bits per heavy atom. The van der Waals surface area contributed by atoms with E-state index >= 15 is 0 Å². The SMILES string of the molecule is CC1(CNC(=O)[C@@H]2CCNC2)CCC1.Cl. The summed E-state index contributed by atoms with van der Waals surface area (Å²) in [6.45, 7) is 5.00. The van der Waals surface area contributed by atoms with Crippen molar-refractivity contribution >= 4 is 18.3 Å². The van der Waals surface area contributed by atoms with E-state index in [1.807, 2.05) is 0 Å². The first-order chi connectivity index (χ1) is 6.70. The molecule has 1 atom stereocenters. The first-order valence-electron chi connectivity index (χ1n) is 5.68. The van der Waals surface area contributed by atoms with Crippen LogP contribution in [-0.4, -0.2) is 25.5 Å². The standard InChI is InChI=1S/C11H20N2O.ClH/c1-11(4-2-5-11)8-13-10(14)9-3-6-12-7-9;/h9,12H,2-8H2,1H3,(H,13,14);1H/t9-;/m1./s1. The minimum Gasteiger partial charge on any atom is -0.355 e. The number of rotatable bonds is 3. The molecule has 88 valence electrons. The summed E-state index contributed by atoms with van der Waals surface area (Å²) in [5.41, 5.74) is 0.404. The highest BCUT2D eigenvalue weighted by Crippen LogP contribution is 2.39. The van der Waals surface area contributed by atoms with Gasteiger partial charge in [0.1, 0.15) is 0 Å². The quantitative estimate of drug-likeness (QED) is 0.771. The predicted molar refractivity (Wildman–Crippen MR) is 63.2 cm³/mol. The highest BCUT2D eigenvalue weighted by atomic mass is 35.5. The first kappa shape index (κ1) is 12.8. The van der Waals surface area contributed by atoms with Crippen LogP contribution < -0.4 is 10.6 Å². The van der Waals surface area contributed by atoms with Crippen LogP contribution in [0.2, 0.25) is 0 Å². The summed E-state index contributed by atoms with van der Waals surface area (Å²) in [5.74, 6) is 0.474. The minimum absolute atomic E-state index is 0. The summed E-state index contributed by atoms with van der Waals surface area (Å²) in [6, 6.07) is 0. The normalized spacial score (nSPS) is 27.7. The summed E-state index contributed by atoms with van der Waals surface area (Å²) < 4.78 is 0. The van der Waals surface area contributed by atoms with Crippen molar-refractivity contribution in [1.82, 2.24) is 10.6 Å². The molecule has 2 N–H and O–H groups in total. The number of nitrogens with one attached hydrogen (secondary N) is 2. The molecule has 2 fully saturated rings. The molecule has 2 rings (SSSR count). The lowest BCUT2D eigenvalue weighted by atomic mass is 9.70. The van der Waals surface area contributed by atoms with E-state index in [1.54, 1.807) is 0 Å². The van der Waals surface area contributed by atoms with Crippen molar-refractivity contribution in [3.63, 3.8) is 0 Å². The summed E-state index contributed by atoms with van der Waals surface area (Å²) in [5, 5.41) is 6.31. The zero-order chi connectivity index (χ0) is 10.0. The van der Waals surface area contributed by atoms with Crippen LogP contribution in [0.25, 0.3) is 0 Å². The van der Waals surface area contributed by atoms with E-state index in [4.69, 9.17) is 0 Å². The van der Waals surface area contributed by atoms with Crippen LogP contribution in [0.3, 0.4) is 0 Å². The molecular weight excluding hydrogens is 212 g/mol.